The van der Waals surface area contributed by atoms with E-state index in [2.05, 4.69) is 5.32 Å². The second-order valence-corrected chi connectivity index (χ2v) is 3.99. The van der Waals surface area contributed by atoms with Crippen LogP contribution in [0.2, 0.25) is 0 Å². The summed E-state index contributed by atoms with van der Waals surface area (Å²) in [6, 6.07) is 9.16. The number of phenols is 1. The molecule has 1 amide bonds. The Hall–Kier alpha value is -2.43. The van der Waals surface area contributed by atoms with Crippen LogP contribution in [-0.2, 0) is 11.2 Å². The van der Waals surface area contributed by atoms with Gasteiger partial charge < -0.3 is 10.4 Å². The van der Waals surface area contributed by atoms with E-state index in [1.54, 1.807) is 0 Å². The van der Waals surface area contributed by atoms with Crippen LogP contribution in [0.25, 0.3) is 0 Å². The average Bonchev–Trinajstić information content (AvgIpc) is 2.37. The molecule has 0 aliphatic heterocycles. The number of benzene rings is 2. The lowest BCUT2D eigenvalue weighted by molar-refractivity contribution is -0.115. The summed E-state index contributed by atoms with van der Waals surface area (Å²) < 4.78 is 26.1. The van der Waals surface area contributed by atoms with Crippen molar-refractivity contribution < 1.29 is 18.7 Å². The fourth-order valence-electron chi connectivity index (χ4n) is 1.61. The van der Waals surface area contributed by atoms with Gasteiger partial charge in [0.05, 0.1) is 6.42 Å². The van der Waals surface area contributed by atoms with Gasteiger partial charge in [-0.3, -0.25) is 4.79 Å². The summed E-state index contributed by atoms with van der Waals surface area (Å²) in [5, 5.41) is 11.7. The van der Waals surface area contributed by atoms with E-state index in [-0.39, 0.29) is 17.9 Å². The average molecular weight is 263 g/mol. The standard InChI is InChI=1S/C14H11F2NO2/c15-10-6-4-9(5-7-10)8-13(19)17-14-11(16)2-1-3-12(14)18/h1-7,18H,8H2,(H,17,19). The Balaban J connectivity index is 2.07. The van der Waals surface area contributed by atoms with Gasteiger partial charge in [0.2, 0.25) is 5.91 Å². The van der Waals surface area contributed by atoms with Crippen LogP contribution in [-0.4, -0.2) is 11.0 Å². The normalized spacial score (nSPS) is 10.2. The van der Waals surface area contributed by atoms with Crippen molar-refractivity contribution in [2.45, 2.75) is 6.42 Å². The molecule has 2 N–H and O–H groups in total. The molecular weight excluding hydrogens is 252 g/mol. The molecule has 0 fully saturated rings. The van der Waals surface area contributed by atoms with Gasteiger partial charge in [-0.05, 0) is 29.8 Å². The number of carbonyl (C=O) groups excluding carboxylic acids is 1. The first-order valence-electron chi connectivity index (χ1n) is 5.58. The maximum Gasteiger partial charge on any atom is 0.228 e. The molecule has 0 bridgehead atoms. The first-order valence-corrected chi connectivity index (χ1v) is 5.58. The number of phenolic OH excluding ortho intramolecular Hbond substituents is 1. The number of halogens is 2. The van der Waals surface area contributed by atoms with Crippen LogP contribution in [0.3, 0.4) is 0 Å². The number of para-hydroxylation sites is 1. The van der Waals surface area contributed by atoms with Crippen molar-refractivity contribution in [1.82, 2.24) is 0 Å². The van der Waals surface area contributed by atoms with Crippen molar-refractivity contribution in [3.8, 4) is 5.75 Å². The summed E-state index contributed by atoms with van der Waals surface area (Å²) in [5.41, 5.74) is 0.337. The maximum atomic E-state index is 13.4. The van der Waals surface area contributed by atoms with Crippen molar-refractivity contribution in [3.05, 3.63) is 59.7 Å². The quantitative estimate of drug-likeness (QED) is 0.836. The van der Waals surface area contributed by atoms with Gasteiger partial charge in [0.25, 0.3) is 0 Å². The monoisotopic (exact) mass is 263 g/mol. The van der Waals surface area contributed by atoms with Gasteiger partial charge in [-0.1, -0.05) is 18.2 Å². The fraction of sp³-hybridized carbons (Fsp3) is 0.0714. The van der Waals surface area contributed by atoms with Crippen molar-refractivity contribution >= 4 is 11.6 Å². The molecule has 0 radical (unpaired) electrons. The van der Waals surface area contributed by atoms with Gasteiger partial charge >= 0.3 is 0 Å². The molecule has 5 heteroatoms. The lowest BCUT2D eigenvalue weighted by atomic mass is 10.1. The zero-order valence-corrected chi connectivity index (χ0v) is 9.86. The van der Waals surface area contributed by atoms with Gasteiger partial charge in [-0.2, -0.15) is 0 Å². The predicted molar refractivity (Wildman–Crippen MR) is 66.8 cm³/mol. The Morgan fingerprint density at radius 1 is 1.11 bits per heavy atom. The minimum atomic E-state index is -0.715. The summed E-state index contributed by atoms with van der Waals surface area (Å²) in [4.78, 5) is 11.7. The number of hydrogen-bond acceptors (Lipinski definition) is 2. The highest BCUT2D eigenvalue weighted by atomic mass is 19.1. The number of anilines is 1. The largest absolute Gasteiger partial charge is 0.506 e. The Morgan fingerprint density at radius 3 is 2.42 bits per heavy atom. The SMILES string of the molecule is O=C(Cc1ccc(F)cc1)Nc1c(O)cccc1F. The van der Waals surface area contributed by atoms with Crippen molar-refractivity contribution in [3.63, 3.8) is 0 Å². The van der Waals surface area contributed by atoms with Gasteiger partial charge in [0.15, 0.2) is 5.82 Å². The van der Waals surface area contributed by atoms with E-state index in [1.165, 1.54) is 36.4 Å². The number of rotatable bonds is 3. The molecule has 0 unspecified atom stereocenters. The van der Waals surface area contributed by atoms with E-state index in [0.717, 1.165) is 6.07 Å². The first kappa shape index (κ1) is 13.0. The zero-order valence-electron chi connectivity index (χ0n) is 9.86. The molecule has 0 aromatic heterocycles. The highest BCUT2D eigenvalue weighted by Crippen LogP contribution is 2.25. The molecular formula is C14H11F2NO2. The minimum Gasteiger partial charge on any atom is -0.506 e. The van der Waals surface area contributed by atoms with Crippen LogP contribution >= 0.6 is 0 Å². The third kappa shape index (κ3) is 3.28. The van der Waals surface area contributed by atoms with E-state index < -0.39 is 17.5 Å². The molecule has 0 saturated carbocycles. The molecule has 0 spiro atoms. The van der Waals surface area contributed by atoms with Crippen LogP contribution in [0.1, 0.15) is 5.56 Å². The molecule has 0 aliphatic rings. The molecule has 3 nitrogen and oxygen atoms in total. The molecule has 98 valence electrons. The fourth-order valence-corrected chi connectivity index (χ4v) is 1.61. The summed E-state index contributed by atoms with van der Waals surface area (Å²) >= 11 is 0. The van der Waals surface area contributed by atoms with Crippen LogP contribution in [0, 0.1) is 11.6 Å². The highest BCUT2D eigenvalue weighted by molar-refractivity contribution is 5.93. The van der Waals surface area contributed by atoms with Crippen molar-refractivity contribution in [1.29, 1.82) is 0 Å². The van der Waals surface area contributed by atoms with Crippen molar-refractivity contribution in [2.75, 3.05) is 5.32 Å². The number of aromatic hydroxyl groups is 1. The summed E-state index contributed by atoms with van der Waals surface area (Å²) in [7, 11) is 0. The van der Waals surface area contributed by atoms with Crippen LogP contribution in [0.4, 0.5) is 14.5 Å². The Labute approximate surface area is 108 Å². The maximum absolute atomic E-state index is 13.4. The van der Waals surface area contributed by atoms with E-state index in [0.29, 0.717) is 5.56 Å². The summed E-state index contributed by atoms with van der Waals surface area (Å²) in [6.07, 6.45) is -0.0337. The van der Waals surface area contributed by atoms with Crippen LogP contribution < -0.4 is 5.32 Å². The smallest absolute Gasteiger partial charge is 0.228 e. The van der Waals surface area contributed by atoms with Crippen LogP contribution in [0.15, 0.2) is 42.5 Å². The second kappa shape index (κ2) is 5.48. The second-order valence-electron chi connectivity index (χ2n) is 3.99. The number of amides is 1. The van der Waals surface area contributed by atoms with Gasteiger partial charge in [0, 0.05) is 0 Å². The van der Waals surface area contributed by atoms with E-state index in [1.807, 2.05) is 0 Å². The van der Waals surface area contributed by atoms with E-state index in [4.69, 9.17) is 0 Å². The topological polar surface area (TPSA) is 49.3 Å². The lowest BCUT2D eigenvalue weighted by Crippen LogP contribution is -2.15. The third-order valence-electron chi connectivity index (χ3n) is 2.53. The molecule has 2 rings (SSSR count). The molecule has 2 aromatic carbocycles. The third-order valence-corrected chi connectivity index (χ3v) is 2.53. The molecule has 0 atom stereocenters. The van der Waals surface area contributed by atoms with Gasteiger partial charge in [-0.25, -0.2) is 8.78 Å². The van der Waals surface area contributed by atoms with E-state index >= 15 is 0 Å². The van der Waals surface area contributed by atoms with Gasteiger partial charge in [-0.15, -0.1) is 0 Å². The highest BCUT2D eigenvalue weighted by Gasteiger charge is 2.11. The lowest BCUT2D eigenvalue weighted by Gasteiger charge is -2.08. The summed E-state index contributed by atoms with van der Waals surface area (Å²) in [6.45, 7) is 0. The zero-order chi connectivity index (χ0) is 13.8. The molecule has 0 aliphatic carbocycles. The predicted octanol–water partition coefficient (Wildman–Crippen LogP) is 2.85. The Bertz CT molecular complexity index is 577. The minimum absolute atomic E-state index is 0.0337. The van der Waals surface area contributed by atoms with Gasteiger partial charge in [0.1, 0.15) is 17.3 Å². The Morgan fingerprint density at radius 2 is 1.79 bits per heavy atom. The first-order chi connectivity index (χ1) is 9.06. The molecule has 2 aromatic rings. The van der Waals surface area contributed by atoms with Crippen LogP contribution in [0.5, 0.6) is 5.75 Å². The molecule has 0 saturated heterocycles. The molecule has 0 heterocycles. The molecule has 19 heavy (non-hydrogen) atoms. The van der Waals surface area contributed by atoms with E-state index in [9.17, 15) is 18.7 Å². The summed E-state index contributed by atoms with van der Waals surface area (Å²) in [5.74, 6) is -1.94. The number of hydrogen-bond donors (Lipinski definition) is 2. The van der Waals surface area contributed by atoms with Crippen molar-refractivity contribution in [2.24, 2.45) is 0 Å². The number of nitrogens with one attached hydrogen (secondary N) is 1. The Kier molecular flexibility index (Phi) is 3.75. The number of carbonyl (C=O) groups is 1.